The number of anilines is 1. The maximum Gasteiger partial charge on any atom is 0.261 e. The minimum Gasteiger partial charge on any atom is -0.291 e. The molecule has 5 nitrogen and oxygen atoms in total. The Morgan fingerprint density at radius 1 is 1.09 bits per heavy atom. The van der Waals surface area contributed by atoms with Crippen LogP contribution >= 0.6 is 11.3 Å². The van der Waals surface area contributed by atoms with E-state index < -0.39 is 0 Å². The molecule has 0 atom stereocenters. The summed E-state index contributed by atoms with van der Waals surface area (Å²) in [5.41, 5.74) is 7.67. The van der Waals surface area contributed by atoms with Crippen molar-refractivity contribution in [2.24, 2.45) is 0 Å². The van der Waals surface area contributed by atoms with Crippen LogP contribution in [-0.4, -0.2) is 16.0 Å². The number of nitrogens with one attached hydrogen (secondary N) is 3. The highest BCUT2D eigenvalue weighted by atomic mass is 32.1. The molecular formula is C16H22N4OS. The Morgan fingerprint density at radius 3 is 2.77 bits per heavy atom. The van der Waals surface area contributed by atoms with Gasteiger partial charge in [0.25, 0.3) is 5.56 Å². The van der Waals surface area contributed by atoms with Gasteiger partial charge in [0.05, 0.1) is 5.39 Å². The fraction of sp³-hybridized carbons (Fsp3) is 0.625. The molecule has 0 radical (unpaired) electrons. The van der Waals surface area contributed by atoms with Crippen molar-refractivity contribution in [2.45, 2.75) is 63.8 Å². The van der Waals surface area contributed by atoms with Crippen molar-refractivity contribution in [3.63, 3.8) is 0 Å². The van der Waals surface area contributed by atoms with Crippen molar-refractivity contribution >= 4 is 27.5 Å². The Hall–Kier alpha value is -1.40. The molecule has 0 aromatic carbocycles. The highest BCUT2D eigenvalue weighted by Crippen LogP contribution is 2.33. The number of hydrogen-bond acceptors (Lipinski definition) is 5. The maximum absolute atomic E-state index is 12.4. The number of fused-ring (bicyclic) bond motifs is 3. The summed E-state index contributed by atoms with van der Waals surface area (Å²) < 4.78 is 0. The van der Waals surface area contributed by atoms with Crippen LogP contribution < -0.4 is 16.4 Å². The second-order valence-electron chi connectivity index (χ2n) is 6.41. The molecule has 1 saturated carbocycles. The molecule has 4 rings (SSSR count). The van der Waals surface area contributed by atoms with Crippen LogP contribution in [0.2, 0.25) is 0 Å². The molecule has 2 aromatic rings. The first-order valence-corrected chi connectivity index (χ1v) is 9.19. The van der Waals surface area contributed by atoms with Gasteiger partial charge in [0.2, 0.25) is 5.95 Å². The van der Waals surface area contributed by atoms with E-state index in [0.717, 1.165) is 23.1 Å². The van der Waals surface area contributed by atoms with Gasteiger partial charge in [-0.3, -0.25) is 15.2 Å². The number of hydrazine groups is 1. The van der Waals surface area contributed by atoms with Crippen LogP contribution in [0.4, 0.5) is 5.95 Å². The largest absolute Gasteiger partial charge is 0.291 e. The molecule has 22 heavy (non-hydrogen) atoms. The molecule has 2 aliphatic carbocycles. The standard InChI is InChI=1S/C16H22N4OS/c21-14-13-11-8-4-5-9-12(11)22-15(13)18-16(17-14)20-19-10-6-2-1-3-7-10/h10,19H,1-9H2,(H2,17,18,20,21). The molecule has 3 N–H and O–H groups in total. The quantitative estimate of drug-likeness (QED) is 0.761. The zero-order valence-corrected chi connectivity index (χ0v) is 13.5. The van der Waals surface area contributed by atoms with Crippen molar-refractivity contribution in [1.29, 1.82) is 0 Å². The van der Waals surface area contributed by atoms with Gasteiger partial charge in [-0.15, -0.1) is 11.3 Å². The zero-order valence-electron chi connectivity index (χ0n) is 12.7. The van der Waals surface area contributed by atoms with Gasteiger partial charge in [0.15, 0.2) is 0 Å². The molecule has 118 valence electrons. The number of thiophene rings is 1. The highest BCUT2D eigenvalue weighted by Gasteiger charge is 2.20. The fourth-order valence-electron chi connectivity index (χ4n) is 3.64. The van der Waals surface area contributed by atoms with E-state index in [0.29, 0.717) is 12.0 Å². The van der Waals surface area contributed by atoms with Crippen LogP contribution in [0.3, 0.4) is 0 Å². The maximum atomic E-state index is 12.4. The number of rotatable bonds is 3. The normalized spacial score (nSPS) is 19.3. The zero-order chi connectivity index (χ0) is 14.9. The third-order valence-corrected chi connectivity index (χ3v) is 6.01. The van der Waals surface area contributed by atoms with E-state index >= 15 is 0 Å². The first kappa shape index (κ1) is 14.2. The number of aryl methyl sites for hydroxylation is 2. The van der Waals surface area contributed by atoms with Gasteiger partial charge < -0.3 is 0 Å². The smallest absolute Gasteiger partial charge is 0.261 e. The number of hydrogen-bond donors (Lipinski definition) is 3. The van der Waals surface area contributed by atoms with Gasteiger partial charge in [-0.05, 0) is 44.1 Å². The van der Waals surface area contributed by atoms with Crippen molar-refractivity contribution in [1.82, 2.24) is 15.4 Å². The van der Waals surface area contributed by atoms with Crippen molar-refractivity contribution in [3.8, 4) is 0 Å². The lowest BCUT2D eigenvalue weighted by Crippen LogP contribution is -2.36. The van der Waals surface area contributed by atoms with Crippen molar-refractivity contribution in [3.05, 3.63) is 20.8 Å². The summed E-state index contributed by atoms with van der Waals surface area (Å²) in [4.78, 5) is 22.2. The van der Waals surface area contributed by atoms with E-state index in [9.17, 15) is 4.79 Å². The van der Waals surface area contributed by atoms with Gasteiger partial charge in [-0.1, -0.05) is 19.3 Å². The van der Waals surface area contributed by atoms with Gasteiger partial charge in [0.1, 0.15) is 4.83 Å². The lowest BCUT2D eigenvalue weighted by atomic mass is 9.96. The van der Waals surface area contributed by atoms with Crippen molar-refractivity contribution < 1.29 is 0 Å². The molecule has 0 unspecified atom stereocenters. The Morgan fingerprint density at radius 2 is 1.91 bits per heavy atom. The Bertz CT molecular complexity index is 730. The van der Waals surface area contributed by atoms with Crippen LogP contribution in [-0.2, 0) is 12.8 Å². The minimum absolute atomic E-state index is 0.00246. The molecule has 0 saturated heterocycles. The van der Waals surface area contributed by atoms with Crippen LogP contribution in [0.25, 0.3) is 10.2 Å². The molecule has 0 amide bonds. The summed E-state index contributed by atoms with van der Waals surface area (Å²) in [6.07, 6.45) is 10.8. The Kier molecular flexibility index (Phi) is 3.88. The van der Waals surface area contributed by atoms with Gasteiger partial charge >= 0.3 is 0 Å². The third-order valence-electron chi connectivity index (χ3n) is 4.82. The number of aromatic nitrogens is 2. The van der Waals surface area contributed by atoms with Gasteiger partial charge in [0, 0.05) is 10.9 Å². The Labute approximate surface area is 133 Å². The average Bonchev–Trinajstić information content (AvgIpc) is 2.92. The summed E-state index contributed by atoms with van der Waals surface area (Å²) in [7, 11) is 0. The lowest BCUT2D eigenvalue weighted by molar-refractivity contribution is 0.392. The molecule has 6 heteroatoms. The third kappa shape index (κ3) is 2.65. The molecule has 1 fully saturated rings. The highest BCUT2D eigenvalue weighted by molar-refractivity contribution is 7.18. The summed E-state index contributed by atoms with van der Waals surface area (Å²) in [5.74, 6) is 0.543. The van der Waals surface area contributed by atoms with E-state index in [1.807, 2.05) is 0 Å². The summed E-state index contributed by atoms with van der Waals surface area (Å²) in [5, 5.41) is 0.822. The predicted octanol–water partition coefficient (Wildman–Crippen LogP) is 3.11. The van der Waals surface area contributed by atoms with E-state index in [2.05, 4.69) is 20.8 Å². The first-order valence-electron chi connectivity index (χ1n) is 8.37. The van der Waals surface area contributed by atoms with Crippen LogP contribution in [0, 0.1) is 0 Å². The predicted molar refractivity (Wildman–Crippen MR) is 90.5 cm³/mol. The first-order chi connectivity index (χ1) is 10.8. The lowest BCUT2D eigenvalue weighted by Gasteiger charge is -2.23. The SMILES string of the molecule is O=c1[nH]c(NNC2CCCCC2)nc2sc3c(c12)CCCC3. The fourth-order valence-corrected chi connectivity index (χ4v) is 4.90. The van der Waals surface area contributed by atoms with Crippen LogP contribution in [0.1, 0.15) is 55.4 Å². The molecule has 2 aliphatic rings. The van der Waals surface area contributed by atoms with E-state index in [-0.39, 0.29) is 5.56 Å². The summed E-state index contributed by atoms with van der Waals surface area (Å²) in [6.45, 7) is 0. The minimum atomic E-state index is -0.00246. The molecular weight excluding hydrogens is 296 g/mol. The average molecular weight is 318 g/mol. The van der Waals surface area contributed by atoms with E-state index in [1.54, 1.807) is 11.3 Å². The second-order valence-corrected chi connectivity index (χ2v) is 7.49. The number of aromatic amines is 1. The second kappa shape index (κ2) is 6.01. The van der Waals surface area contributed by atoms with E-state index in [4.69, 9.17) is 0 Å². The topological polar surface area (TPSA) is 69.8 Å². The van der Waals surface area contributed by atoms with Crippen molar-refractivity contribution in [2.75, 3.05) is 5.43 Å². The van der Waals surface area contributed by atoms with E-state index in [1.165, 1.54) is 55.4 Å². The molecule has 0 bridgehead atoms. The monoisotopic (exact) mass is 318 g/mol. The van der Waals surface area contributed by atoms with Gasteiger partial charge in [-0.2, -0.15) is 0 Å². The number of H-pyrrole nitrogens is 1. The molecule has 0 aliphatic heterocycles. The molecule has 2 heterocycles. The summed E-state index contributed by atoms with van der Waals surface area (Å²) in [6, 6.07) is 0.478. The molecule has 0 spiro atoms. The molecule has 2 aromatic heterocycles. The van der Waals surface area contributed by atoms with Crippen LogP contribution in [0.15, 0.2) is 4.79 Å². The Balaban J connectivity index is 1.58. The van der Waals surface area contributed by atoms with Gasteiger partial charge in [-0.25, -0.2) is 10.4 Å². The summed E-state index contributed by atoms with van der Waals surface area (Å²) >= 11 is 1.69. The van der Waals surface area contributed by atoms with Crippen LogP contribution in [0.5, 0.6) is 0 Å². The number of nitrogens with zero attached hydrogens (tertiary/aromatic N) is 1.